The highest BCUT2D eigenvalue weighted by Gasteiger charge is 2.38. The molecule has 2 rings (SSSR count). The summed E-state index contributed by atoms with van der Waals surface area (Å²) in [5.74, 6) is 0.501. The molecule has 0 aromatic heterocycles. The van der Waals surface area contributed by atoms with E-state index in [9.17, 15) is 0 Å². The van der Waals surface area contributed by atoms with Crippen LogP contribution in [0, 0.1) is 5.92 Å². The maximum absolute atomic E-state index is 6.49. The zero-order valence-electron chi connectivity index (χ0n) is 11.2. The van der Waals surface area contributed by atoms with Crippen LogP contribution >= 0.6 is 0 Å². The molecule has 0 spiro atoms. The SMILES string of the molecule is CC(C)(C(N)C1CCCOC1)N1CCOCC1. The Morgan fingerprint density at radius 2 is 1.88 bits per heavy atom. The molecule has 0 aliphatic carbocycles. The summed E-state index contributed by atoms with van der Waals surface area (Å²) in [4.78, 5) is 2.47. The first-order valence-corrected chi connectivity index (χ1v) is 6.78. The lowest BCUT2D eigenvalue weighted by Crippen LogP contribution is -2.62. The van der Waals surface area contributed by atoms with Crippen molar-refractivity contribution in [3.05, 3.63) is 0 Å². The molecule has 4 nitrogen and oxygen atoms in total. The second kappa shape index (κ2) is 5.65. The summed E-state index contributed by atoms with van der Waals surface area (Å²) in [6, 6.07) is 0.181. The third kappa shape index (κ3) is 2.99. The monoisotopic (exact) mass is 242 g/mol. The van der Waals surface area contributed by atoms with E-state index in [0.717, 1.165) is 45.9 Å². The number of hydrogen-bond acceptors (Lipinski definition) is 4. The van der Waals surface area contributed by atoms with Gasteiger partial charge in [0.05, 0.1) is 19.8 Å². The maximum atomic E-state index is 6.49. The minimum atomic E-state index is 0.0369. The average Bonchev–Trinajstić information content (AvgIpc) is 2.40. The first kappa shape index (κ1) is 13.3. The molecule has 2 aliphatic heterocycles. The summed E-state index contributed by atoms with van der Waals surface area (Å²) in [5, 5.41) is 0. The van der Waals surface area contributed by atoms with Crippen molar-refractivity contribution in [1.29, 1.82) is 0 Å². The summed E-state index contributed by atoms with van der Waals surface area (Å²) in [7, 11) is 0. The number of rotatable bonds is 3. The highest BCUT2D eigenvalue weighted by molar-refractivity contribution is 4.96. The normalized spacial score (nSPS) is 30.2. The molecule has 4 heteroatoms. The van der Waals surface area contributed by atoms with Crippen molar-refractivity contribution in [3.63, 3.8) is 0 Å². The first-order valence-electron chi connectivity index (χ1n) is 6.78. The van der Waals surface area contributed by atoms with Crippen molar-refractivity contribution in [2.75, 3.05) is 39.5 Å². The van der Waals surface area contributed by atoms with Gasteiger partial charge in [-0.3, -0.25) is 4.90 Å². The summed E-state index contributed by atoms with van der Waals surface area (Å²) in [5.41, 5.74) is 6.53. The van der Waals surface area contributed by atoms with Crippen molar-refractivity contribution < 1.29 is 9.47 Å². The van der Waals surface area contributed by atoms with E-state index in [4.69, 9.17) is 15.2 Å². The number of morpholine rings is 1. The first-order chi connectivity index (χ1) is 8.12. The fourth-order valence-electron chi connectivity index (χ4n) is 2.98. The highest BCUT2D eigenvalue weighted by Crippen LogP contribution is 2.28. The van der Waals surface area contributed by atoms with Crippen LogP contribution in [0.5, 0.6) is 0 Å². The van der Waals surface area contributed by atoms with Gasteiger partial charge in [-0.05, 0) is 32.6 Å². The van der Waals surface area contributed by atoms with Crippen molar-refractivity contribution >= 4 is 0 Å². The van der Waals surface area contributed by atoms with E-state index in [1.54, 1.807) is 0 Å². The van der Waals surface area contributed by atoms with E-state index >= 15 is 0 Å². The second-order valence-electron chi connectivity index (χ2n) is 5.76. The Kier molecular flexibility index (Phi) is 4.42. The molecule has 100 valence electrons. The van der Waals surface area contributed by atoms with Crippen LogP contribution in [-0.2, 0) is 9.47 Å². The van der Waals surface area contributed by atoms with Gasteiger partial charge in [-0.2, -0.15) is 0 Å². The summed E-state index contributed by atoms with van der Waals surface area (Å²) >= 11 is 0. The predicted octanol–water partition coefficient (Wildman–Crippen LogP) is 0.851. The average molecular weight is 242 g/mol. The predicted molar refractivity (Wildman–Crippen MR) is 68.0 cm³/mol. The zero-order chi connectivity index (χ0) is 12.3. The van der Waals surface area contributed by atoms with Gasteiger partial charge in [0, 0.05) is 31.3 Å². The molecular weight excluding hydrogens is 216 g/mol. The Bertz CT molecular complexity index is 234. The van der Waals surface area contributed by atoms with Gasteiger partial charge in [0.25, 0.3) is 0 Å². The van der Waals surface area contributed by atoms with Crippen molar-refractivity contribution in [2.45, 2.75) is 38.3 Å². The standard InChI is InChI=1S/C13H26N2O2/c1-13(2,15-5-8-16-9-6-15)12(14)11-4-3-7-17-10-11/h11-12H,3-10,14H2,1-2H3. The van der Waals surface area contributed by atoms with Gasteiger partial charge >= 0.3 is 0 Å². The van der Waals surface area contributed by atoms with E-state index in [-0.39, 0.29) is 11.6 Å². The lowest BCUT2D eigenvalue weighted by Gasteiger charge is -2.47. The second-order valence-corrected chi connectivity index (χ2v) is 5.76. The third-order valence-corrected chi connectivity index (χ3v) is 4.35. The molecule has 2 fully saturated rings. The zero-order valence-corrected chi connectivity index (χ0v) is 11.2. The van der Waals surface area contributed by atoms with E-state index in [0.29, 0.717) is 5.92 Å². The van der Waals surface area contributed by atoms with Crippen LogP contribution in [-0.4, -0.2) is 56.0 Å². The smallest absolute Gasteiger partial charge is 0.0594 e. The maximum Gasteiger partial charge on any atom is 0.0594 e. The topological polar surface area (TPSA) is 47.7 Å². The molecule has 2 unspecified atom stereocenters. The van der Waals surface area contributed by atoms with Gasteiger partial charge in [0.2, 0.25) is 0 Å². The minimum absolute atomic E-state index is 0.0369. The van der Waals surface area contributed by atoms with Gasteiger partial charge in [-0.1, -0.05) is 0 Å². The van der Waals surface area contributed by atoms with Crippen LogP contribution in [0.4, 0.5) is 0 Å². The number of ether oxygens (including phenoxy) is 2. The quantitative estimate of drug-likeness (QED) is 0.797. The van der Waals surface area contributed by atoms with Gasteiger partial charge in [-0.25, -0.2) is 0 Å². The van der Waals surface area contributed by atoms with Gasteiger partial charge in [0.15, 0.2) is 0 Å². The highest BCUT2D eigenvalue weighted by atomic mass is 16.5. The molecule has 2 N–H and O–H groups in total. The Labute approximate surface area is 104 Å². The Morgan fingerprint density at radius 3 is 2.47 bits per heavy atom. The van der Waals surface area contributed by atoms with E-state index in [2.05, 4.69) is 18.7 Å². The van der Waals surface area contributed by atoms with Crippen LogP contribution in [0.1, 0.15) is 26.7 Å². The molecule has 2 atom stereocenters. The van der Waals surface area contributed by atoms with Gasteiger partial charge in [0.1, 0.15) is 0 Å². The lowest BCUT2D eigenvalue weighted by atomic mass is 9.81. The van der Waals surface area contributed by atoms with Crippen LogP contribution in [0.3, 0.4) is 0 Å². The molecule has 0 aromatic carbocycles. The largest absolute Gasteiger partial charge is 0.381 e. The van der Waals surface area contributed by atoms with Gasteiger partial charge in [-0.15, -0.1) is 0 Å². The summed E-state index contributed by atoms with van der Waals surface area (Å²) < 4.78 is 11.0. The fraction of sp³-hybridized carbons (Fsp3) is 1.00. The van der Waals surface area contributed by atoms with Crippen LogP contribution in [0.25, 0.3) is 0 Å². The summed E-state index contributed by atoms with van der Waals surface area (Å²) in [6.45, 7) is 9.91. The molecule has 0 bridgehead atoms. The van der Waals surface area contributed by atoms with E-state index < -0.39 is 0 Å². The molecule has 0 amide bonds. The van der Waals surface area contributed by atoms with Crippen molar-refractivity contribution in [3.8, 4) is 0 Å². The van der Waals surface area contributed by atoms with Crippen molar-refractivity contribution in [1.82, 2.24) is 4.90 Å². The summed E-state index contributed by atoms with van der Waals surface area (Å²) in [6.07, 6.45) is 2.35. The molecule has 2 heterocycles. The van der Waals surface area contributed by atoms with Crippen LogP contribution < -0.4 is 5.73 Å². The molecule has 0 radical (unpaired) electrons. The lowest BCUT2D eigenvalue weighted by molar-refractivity contribution is -0.0413. The van der Waals surface area contributed by atoms with E-state index in [1.165, 1.54) is 6.42 Å². The fourth-order valence-corrected chi connectivity index (χ4v) is 2.98. The minimum Gasteiger partial charge on any atom is -0.381 e. The molecular formula is C13H26N2O2. The molecule has 2 aliphatic rings. The van der Waals surface area contributed by atoms with Gasteiger partial charge < -0.3 is 15.2 Å². The molecule has 2 saturated heterocycles. The van der Waals surface area contributed by atoms with Crippen molar-refractivity contribution in [2.24, 2.45) is 11.7 Å². The van der Waals surface area contributed by atoms with E-state index in [1.807, 2.05) is 0 Å². The number of hydrogen-bond donors (Lipinski definition) is 1. The van der Waals surface area contributed by atoms with Crippen LogP contribution in [0.2, 0.25) is 0 Å². The molecule has 0 aromatic rings. The molecule has 17 heavy (non-hydrogen) atoms. The Morgan fingerprint density at radius 1 is 1.18 bits per heavy atom. The third-order valence-electron chi connectivity index (χ3n) is 4.35. The Hall–Kier alpha value is -0.160. The number of nitrogens with zero attached hydrogens (tertiary/aromatic N) is 1. The molecule has 0 saturated carbocycles. The Balaban J connectivity index is 1.96. The van der Waals surface area contributed by atoms with Crippen LogP contribution in [0.15, 0.2) is 0 Å². The number of nitrogens with two attached hydrogens (primary N) is 1.